The second-order valence-electron chi connectivity index (χ2n) is 3.73. The molecule has 0 saturated heterocycles. The molecule has 0 unspecified atom stereocenters. The van der Waals surface area contributed by atoms with Crippen LogP contribution in [0.4, 0.5) is 19.1 Å². The molecule has 0 fully saturated rings. The van der Waals surface area contributed by atoms with E-state index in [1.54, 1.807) is 18.5 Å². The van der Waals surface area contributed by atoms with Gasteiger partial charge in [-0.3, -0.25) is 0 Å². The van der Waals surface area contributed by atoms with Crippen LogP contribution in [0.1, 0.15) is 11.1 Å². The summed E-state index contributed by atoms with van der Waals surface area (Å²) in [6, 6.07) is 5.43. The van der Waals surface area contributed by atoms with Crippen LogP contribution in [-0.4, -0.2) is 9.97 Å². The minimum absolute atomic E-state index is 0.0241. The Hall–Kier alpha value is -1.38. The highest BCUT2D eigenvalue weighted by molar-refractivity contribution is 14.1. The first kappa shape index (κ1) is 14.0. The van der Waals surface area contributed by atoms with E-state index in [9.17, 15) is 13.2 Å². The number of rotatable bonds is 3. The fourth-order valence-electron chi connectivity index (χ4n) is 1.53. The van der Waals surface area contributed by atoms with Gasteiger partial charge in [-0.1, -0.05) is 18.2 Å². The molecule has 2 aromatic rings. The largest absolute Gasteiger partial charge is 0.416 e. The Morgan fingerprint density at radius 1 is 1.11 bits per heavy atom. The number of anilines is 1. The number of hydrogen-bond acceptors (Lipinski definition) is 3. The first-order valence-electron chi connectivity index (χ1n) is 5.33. The van der Waals surface area contributed by atoms with E-state index in [1.807, 2.05) is 0 Å². The fourth-order valence-corrected chi connectivity index (χ4v) is 1.81. The lowest BCUT2D eigenvalue weighted by molar-refractivity contribution is -0.138. The van der Waals surface area contributed by atoms with Gasteiger partial charge in [0, 0.05) is 22.5 Å². The lowest BCUT2D eigenvalue weighted by atomic mass is 10.1. The third-order valence-corrected chi connectivity index (χ3v) is 2.94. The van der Waals surface area contributed by atoms with Gasteiger partial charge in [0.25, 0.3) is 0 Å². The van der Waals surface area contributed by atoms with E-state index in [1.165, 1.54) is 12.1 Å². The predicted octanol–water partition coefficient (Wildman–Crippen LogP) is 3.71. The van der Waals surface area contributed by atoms with E-state index in [0.717, 1.165) is 9.64 Å². The maximum absolute atomic E-state index is 12.8. The van der Waals surface area contributed by atoms with Crippen molar-refractivity contribution in [2.45, 2.75) is 12.7 Å². The van der Waals surface area contributed by atoms with Crippen molar-refractivity contribution in [3.63, 3.8) is 0 Å². The molecule has 0 bridgehead atoms. The Morgan fingerprint density at radius 2 is 1.74 bits per heavy atom. The Kier molecular flexibility index (Phi) is 4.23. The summed E-state index contributed by atoms with van der Waals surface area (Å²) in [6.45, 7) is 0.0241. The van der Waals surface area contributed by atoms with E-state index < -0.39 is 11.7 Å². The van der Waals surface area contributed by atoms with E-state index in [-0.39, 0.29) is 12.1 Å². The lowest BCUT2D eigenvalue weighted by Gasteiger charge is -2.13. The van der Waals surface area contributed by atoms with Gasteiger partial charge in [0.15, 0.2) is 0 Å². The summed E-state index contributed by atoms with van der Waals surface area (Å²) in [4.78, 5) is 7.95. The summed E-state index contributed by atoms with van der Waals surface area (Å²) in [5.41, 5.74) is -0.481. The van der Waals surface area contributed by atoms with Crippen LogP contribution >= 0.6 is 22.6 Å². The van der Waals surface area contributed by atoms with Crippen molar-refractivity contribution in [3.05, 3.63) is 51.4 Å². The third kappa shape index (κ3) is 3.79. The normalized spacial score (nSPS) is 11.4. The molecule has 3 nitrogen and oxygen atoms in total. The van der Waals surface area contributed by atoms with Crippen molar-refractivity contribution in [2.75, 3.05) is 5.32 Å². The molecule has 0 spiro atoms. The Morgan fingerprint density at radius 3 is 2.37 bits per heavy atom. The van der Waals surface area contributed by atoms with Crippen LogP contribution < -0.4 is 5.32 Å². The molecule has 2 rings (SSSR count). The van der Waals surface area contributed by atoms with Crippen LogP contribution in [0, 0.1) is 3.57 Å². The second-order valence-corrected chi connectivity index (χ2v) is 4.98. The van der Waals surface area contributed by atoms with Crippen LogP contribution in [0.25, 0.3) is 0 Å². The molecule has 0 atom stereocenters. The number of nitrogens with one attached hydrogen (secondary N) is 1. The molecule has 100 valence electrons. The Bertz CT molecular complexity index is 555. The van der Waals surface area contributed by atoms with Crippen LogP contribution in [0.15, 0.2) is 36.7 Å². The number of hydrogen-bond donors (Lipinski definition) is 1. The average Bonchev–Trinajstić information content (AvgIpc) is 2.37. The summed E-state index contributed by atoms with van der Waals surface area (Å²) in [5, 5.41) is 2.78. The zero-order valence-corrected chi connectivity index (χ0v) is 11.7. The van der Waals surface area contributed by atoms with Gasteiger partial charge in [0.1, 0.15) is 0 Å². The molecule has 1 aromatic heterocycles. The molecule has 0 saturated carbocycles. The molecule has 1 heterocycles. The first-order chi connectivity index (χ1) is 8.97. The van der Waals surface area contributed by atoms with Gasteiger partial charge in [0.2, 0.25) is 5.95 Å². The topological polar surface area (TPSA) is 37.8 Å². The van der Waals surface area contributed by atoms with E-state index in [2.05, 4.69) is 37.9 Å². The Balaban J connectivity index is 2.14. The molecule has 0 radical (unpaired) electrons. The fraction of sp³-hybridized carbons (Fsp3) is 0.167. The SMILES string of the molecule is FC(F)(F)c1ccccc1CNc1ncc(I)cn1. The van der Waals surface area contributed by atoms with E-state index in [0.29, 0.717) is 5.95 Å². The second kappa shape index (κ2) is 5.72. The van der Waals surface area contributed by atoms with Crippen molar-refractivity contribution in [3.8, 4) is 0 Å². The number of benzene rings is 1. The lowest BCUT2D eigenvalue weighted by Crippen LogP contribution is -2.12. The zero-order chi connectivity index (χ0) is 13.9. The third-order valence-electron chi connectivity index (χ3n) is 2.38. The van der Waals surface area contributed by atoms with E-state index in [4.69, 9.17) is 0 Å². The van der Waals surface area contributed by atoms with E-state index >= 15 is 0 Å². The first-order valence-corrected chi connectivity index (χ1v) is 6.41. The quantitative estimate of drug-likeness (QED) is 0.827. The number of nitrogens with zero attached hydrogens (tertiary/aromatic N) is 2. The molecule has 0 aliphatic rings. The van der Waals surface area contributed by atoms with Crippen molar-refractivity contribution < 1.29 is 13.2 Å². The molecule has 0 aliphatic carbocycles. The highest BCUT2D eigenvalue weighted by atomic mass is 127. The highest BCUT2D eigenvalue weighted by Gasteiger charge is 2.32. The monoisotopic (exact) mass is 379 g/mol. The molecular weight excluding hydrogens is 370 g/mol. The summed E-state index contributed by atoms with van der Waals surface area (Å²) >= 11 is 2.05. The van der Waals surface area contributed by atoms with Crippen LogP contribution in [-0.2, 0) is 12.7 Å². The van der Waals surface area contributed by atoms with Gasteiger partial charge in [-0.25, -0.2) is 9.97 Å². The van der Waals surface area contributed by atoms with Gasteiger partial charge in [0.05, 0.1) is 5.56 Å². The van der Waals surface area contributed by atoms with Crippen molar-refractivity contribution in [1.82, 2.24) is 9.97 Å². The summed E-state index contributed by atoms with van der Waals surface area (Å²) in [7, 11) is 0. The highest BCUT2D eigenvalue weighted by Crippen LogP contribution is 2.31. The minimum Gasteiger partial charge on any atom is -0.350 e. The van der Waals surface area contributed by atoms with Crippen molar-refractivity contribution in [2.24, 2.45) is 0 Å². The molecular formula is C12H9F3IN3. The van der Waals surface area contributed by atoms with Gasteiger partial charge >= 0.3 is 6.18 Å². The molecule has 0 amide bonds. The van der Waals surface area contributed by atoms with Gasteiger partial charge < -0.3 is 5.32 Å². The smallest absolute Gasteiger partial charge is 0.350 e. The molecule has 1 aromatic carbocycles. The summed E-state index contributed by atoms with van der Waals surface area (Å²) in [6.07, 6.45) is -1.18. The van der Waals surface area contributed by atoms with Crippen LogP contribution in [0.2, 0.25) is 0 Å². The van der Waals surface area contributed by atoms with Gasteiger partial charge in [-0.15, -0.1) is 0 Å². The van der Waals surface area contributed by atoms with Gasteiger partial charge in [-0.05, 0) is 34.2 Å². The maximum Gasteiger partial charge on any atom is 0.416 e. The van der Waals surface area contributed by atoms with Gasteiger partial charge in [-0.2, -0.15) is 13.2 Å². The Labute approximate surface area is 121 Å². The summed E-state index contributed by atoms with van der Waals surface area (Å²) < 4.78 is 39.2. The summed E-state index contributed by atoms with van der Waals surface area (Å²) in [5.74, 6) is 0.303. The molecule has 19 heavy (non-hydrogen) atoms. The van der Waals surface area contributed by atoms with Crippen LogP contribution in [0.3, 0.4) is 0 Å². The minimum atomic E-state index is -4.36. The van der Waals surface area contributed by atoms with Crippen LogP contribution in [0.5, 0.6) is 0 Å². The molecule has 7 heteroatoms. The standard InChI is InChI=1S/C12H9F3IN3/c13-12(14,15)10-4-2-1-3-8(10)5-17-11-18-6-9(16)7-19-11/h1-4,6-7H,5H2,(H,17,18,19). The number of halogens is 4. The number of aromatic nitrogens is 2. The van der Waals surface area contributed by atoms with Crippen molar-refractivity contribution >= 4 is 28.5 Å². The average molecular weight is 379 g/mol. The maximum atomic E-state index is 12.8. The zero-order valence-electron chi connectivity index (χ0n) is 9.58. The predicted molar refractivity (Wildman–Crippen MR) is 73.5 cm³/mol. The molecule has 0 aliphatic heterocycles. The number of alkyl halides is 3. The molecule has 1 N–H and O–H groups in total. The van der Waals surface area contributed by atoms with Crippen molar-refractivity contribution in [1.29, 1.82) is 0 Å².